The number of rotatable bonds is 7. The Morgan fingerprint density at radius 2 is 1.74 bits per heavy atom. The molecule has 3 aromatic rings. The summed E-state index contributed by atoms with van der Waals surface area (Å²) in [5.74, 6) is 0.784. The molecule has 0 radical (unpaired) electrons. The van der Waals surface area contributed by atoms with Gasteiger partial charge in [-0.1, -0.05) is 43.2 Å². The Balaban J connectivity index is 0.000000215. The van der Waals surface area contributed by atoms with Gasteiger partial charge >= 0.3 is 6.18 Å². The molecular weight excluding hydrogens is 459 g/mol. The second-order valence-electron chi connectivity index (χ2n) is 8.79. The Morgan fingerprint density at radius 1 is 1.03 bits per heavy atom. The number of anilines is 1. The van der Waals surface area contributed by atoms with E-state index in [1.165, 1.54) is 24.7 Å². The van der Waals surface area contributed by atoms with Gasteiger partial charge in [0.1, 0.15) is 17.0 Å². The normalized spacial score (nSPS) is 14.7. The molecule has 0 amide bonds. The van der Waals surface area contributed by atoms with E-state index in [1.54, 1.807) is 6.07 Å². The van der Waals surface area contributed by atoms with Gasteiger partial charge in [-0.25, -0.2) is 9.97 Å². The van der Waals surface area contributed by atoms with Crippen LogP contribution in [0.15, 0.2) is 42.7 Å². The van der Waals surface area contributed by atoms with Crippen molar-refractivity contribution < 1.29 is 13.2 Å². The summed E-state index contributed by atoms with van der Waals surface area (Å²) in [5, 5.41) is 4.14. The predicted molar refractivity (Wildman–Crippen MR) is 135 cm³/mol. The molecule has 2 aromatic heterocycles. The first-order valence-corrected chi connectivity index (χ1v) is 12.6. The van der Waals surface area contributed by atoms with Gasteiger partial charge < -0.3 is 15.1 Å². The lowest BCUT2D eigenvalue weighted by Crippen LogP contribution is -2.26. The van der Waals surface area contributed by atoms with Crippen LogP contribution in [0.4, 0.5) is 19.0 Å². The summed E-state index contributed by atoms with van der Waals surface area (Å²) in [7, 11) is 4.17. The highest BCUT2D eigenvalue weighted by Gasteiger charge is 2.29. The molecule has 1 aliphatic rings. The van der Waals surface area contributed by atoms with Crippen molar-refractivity contribution in [3.63, 3.8) is 0 Å². The predicted octanol–water partition coefficient (Wildman–Crippen LogP) is 5.51. The van der Waals surface area contributed by atoms with E-state index in [0.29, 0.717) is 9.71 Å². The number of nitrogens with zero attached hydrogens (tertiary/aromatic N) is 4. The first kappa shape index (κ1) is 26.4. The standard InChI is InChI=1S/C14H16F3N3S.C11H18N2/c15-14(16,17)8-10-7-11-12(18-9-19-13(11)21-10)20-5-3-1-2-4-6-20;1-13(2)9-8-12-10-11-6-4-3-5-7-11/h7,9H,1-6,8H2;3-7,12H,8-10H2,1-2H3. The van der Waals surface area contributed by atoms with E-state index >= 15 is 0 Å². The number of nitrogens with one attached hydrogen (secondary N) is 1. The first-order chi connectivity index (χ1) is 16.3. The van der Waals surface area contributed by atoms with Crippen LogP contribution in [0.5, 0.6) is 0 Å². The summed E-state index contributed by atoms with van der Waals surface area (Å²) in [5.41, 5.74) is 1.35. The Hall–Kier alpha value is -2.23. The molecule has 3 heterocycles. The van der Waals surface area contributed by atoms with E-state index < -0.39 is 12.6 Å². The fourth-order valence-corrected chi connectivity index (χ4v) is 4.86. The SMILES string of the molecule is CN(C)CCNCc1ccccc1.FC(F)(F)Cc1cc2c(N3CCCCCC3)ncnc2s1. The number of benzene rings is 1. The van der Waals surface area contributed by atoms with Gasteiger partial charge in [0.2, 0.25) is 0 Å². The molecule has 1 fully saturated rings. The van der Waals surface area contributed by atoms with E-state index in [9.17, 15) is 13.2 Å². The second kappa shape index (κ2) is 13.0. The lowest BCUT2D eigenvalue weighted by molar-refractivity contribution is -0.126. The van der Waals surface area contributed by atoms with Crippen LogP contribution in [0.3, 0.4) is 0 Å². The molecule has 0 saturated carbocycles. The molecule has 1 saturated heterocycles. The van der Waals surface area contributed by atoms with Crippen LogP contribution < -0.4 is 10.2 Å². The quantitative estimate of drug-likeness (QED) is 0.440. The third kappa shape index (κ3) is 8.85. The number of likely N-dealkylation sites (N-methyl/N-ethyl adjacent to an activating group) is 1. The minimum absolute atomic E-state index is 0.300. The van der Waals surface area contributed by atoms with E-state index in [0.717, 1.165) is 68.1 Å². The maximum Gasteiger partial charge on any atom is 0.393 e. The van der Waals surface area contributed by atoms with Gasteiger partial charge in [-0.2, -0.15) is 13.2 Å². The van der Waals surface area contributed by atoms with Crippen molar-refractivity contribution in [1.82, 2.24) is 20.2 Å². The van der Waals surface area contributed by atoms with Crippen LogP contribution in [0, 0.1) is 0 Å². The summed E-state index contributed by atoms with van der Waals surface area (Å²) in [6, 6.07) is 12.1. The molecule has 34 heavy (non-hydrogen) atoms. The molecule has 0 aliphatic carbocycles. The van der Waals surface area contributed by atoms with E-state index in [4.69, 9.17) is 0 Å². The third-order valence-corrected chi connectivity index (χ3v) is 6.59. The Morgan fingerprint density at radius 3 is 2.38 bits per heavy atom. The molecule has 0 atom stereocenters. The van der Waals surface area contributed by atoms with Gasteiger partial charge in [-0.15, -0.1) is 11.3 Å². The van der Waals surface area contributed by atoms with E-state index in [2.05, 4.69) is 63.4 Å². The highest BCUT2D eigenvalue weighted by atomic mass is 32.1. The molecular formula is C25H34F3N5S. The van der Waals surface area contributed by atoms with Gasteiger partial charge in [0.05, 0.1) is 11.8 Å². The van der Waals surface area contributed by atoms with Crippen molar-refractivity contribution in [1.29, 1.82) is 0 Å². The molecule has 0 bridgehead atoms. The topological polar surface area (TPSA) is 44.3 Å². The van der Waals surface area contributed by atoms with Gasteiger partial charge in [-0.05, 0) is 38.6 Å². The lowest BCUT2D eigenvalue weighted by atomic mass is 10.2. The van der Waals surface area contributed by atoms with Crippen molar-refractivity contribution in [3.8, 4) is 0 Å². The minimum atomic E-state index is -4.18. The van der Waals surface area contributed by atoms with E-state index in [1.807, 2.05) is 6.07 Å². The van der Waals surface area contributed by atoms with Gasteiger partial charge in [0, 0.05) is 37.6 Å². The highest BCUT2D eigenvalue weighted by molar-refractivity contribution is 7.18. The largest absolute Gasteiger partial charge is 0.393 e. The monoisotopic (exact) mass is 493 g/mol. The van der Waals surface area contributed by atoms with E-state index in [-0.39, 0.29) is 0 Å². The zero-order valence-corrected chi connectivity index (χ0v) is 20.8. The van der Waals surface area contributed by atoms with Crippen molar-refractivity contribution in [2.45, 2.75) is 44.8 Å². The lowest BCUT2D eigenvalue weighted by Gasteiger charge is -2.21. The number of hydrogen-bond acceptors (Lipinski definition) is 6. The Labute approximate surface area is 204 Å². The molecule has 1 N–H and O–H groups in total. The average Bonchev–Trinajstić information content (AvgIpc) is 3.00. The number of halogens is 3. The molecule has 5 nitrogen and oxygen atoms in total. The molecule has 9 heteroatoms. The van der Waals surface area contributed by atoms with Crippen molar-refractivity contribution in [2.75, 3.05) is 45.2 Å². The van der Waals surface area contributed by atoms with Crippen LogP contribution in [-0.2, 0) is 13.0 Å². The molecule has 186 valence electrons. The highest BCUT2D eigenvalue weighted by Crippen LogP contribution is 2.34. The Bertz CT molecular complexity index is 983. The summed E-state index contributed by atoms with van der Waals surface area (Å²) in [4.78, 5) is 13.7. The van der Waals surface area contributed by atoms with Gasteiger partial charge in [0.15, 0.2) is 0 Å². The fourth-order valence-electron chi connectivity index (χ4n) is 3.84. The zero-order valence-electron chi connectivity index (χ0n) is 19.9. The fraction of sp³-hybridized carbons (Fsp3) is 0.520. The summed E-state index contributed by atoms with van der Waals surface area (Å²) < 4.78 is 37.6. The number of hydrogen-bond donors (Lipinski definition) is 1. The summed E-state index contributed by atoms with van der Waals surface area (Å²) >= 11 is 1.11. The summed E-state index contributed by atoms with van der Waals surface area (Å²) in [6.07, 6.45) is 0.985. The number of fused-ring (bicyclic) bond motifs is 1. The van der Waals surface area contributed by atoms with Crippen LogP contribution in [0.1, 0.15) is 36.1 Å². The number of thiophene rings is 1. The smallest absolute Gasteiger partial charge is 0.356 e. The number of alkyl halides is 3. The average molecular weight is 494 g/mol. The summed E-state index contributed by atoms with van der Waals surface area (Å²) in [6.45, 7) is 4.93. The van der Waals surface area contributed by atoms with Crippen LogP contribution in [0.25, 0.3) is 10.2 Å². The zero-order chi connectivity index (χ0) is 24.4. The van der Waals surface area contributed by atoms with Crippen molar-refractivity contribution >= 4 is 27.4 Å². The third-order valence-electron chi connectivity index (χ3n) is 5.55. The van der Waals surface area contributed by atoms with Gasteiger partial charge in [-0.3, -0.25) is 0 Å². The maximum atomic E-state index is 12.5. The van der Waals surface area contributed by atoms with Crippen LogP contribution in [0.2, 0.25) is 0 Å². The maximum absolute atomic E-state index is 12.5. The van der Waals surface area contributed by atoms with Gasteiger partial charge in [0.25, 0.3) is 0 Å². The molecule has 1 aromatic carbocycles. The molecule has 1 aliphatic heterocycles. The number of aromatic nitrogens is 2. The molecule has 0 unspecified atom stereocenters. The molecule has 0 spiro atoms. The Kier molecular flexibility index (Phi) is 10.1. The van der Waals surface area contributed by atoms with Crippen molar-refractivity contribution in [2.24, 2.45) is 0 Å². The second-order valence-corrected chi connectivity index (χ2v) is 9.90. The van der Waals surface area contributed by atoms with Crippen molar-refractivity contribution in [3.05, 3.63) is 53.2 Å². The van der Waals surface area contributed by atoms with Crippen LogP contribution >= 0.6 is 11.3 Å². The molecule has 4 rings (SSSR count). The first-order valence-electron chi connectivity index (χ1n) is 11.8. The van der Waals surface area contributed by atoms with Crippen LogP contribution in [-0.4, -0.2) is 61.3 Å². The minimum Gasteiger partial charge on any atom is -0.356 e.